The van der Waals surface area contributed by atoms with Crippen LogP contribution in [0.25, 0.3) is 5.76 Å². The van der Waals surface area contributed by atoms with Gasteiger partial charge in [0.05, 0.1) is 5.56 Å². The molecular formula is C30H30N2O9. The molecule has 3 atom stereocenters. The number of ether oxygens (including phenoxy) is 1. The molecule has 1 saturated carbocycles. The largest absolute Gasteiger partial charge is 0.508 e. The number of carbonyl (C=O) groups excluding carboxylic acids is 4. The van der Waals surface area contributed by atoms with Gasteiger partial charge in [0.1, 0.15) is 28.6 Å². The molecule has 1 fully saturated rings. The minimum absolute atomic E-state index is 0.0171. The number of primary amides is 1. The van der Waals surface area contributed by atoms with Crippen molar-refractivity contribution in [3.05, 3.63) is 75.6 Å². The van der Waals surface area contributed by atoms with Gasteiger partial charge in [0.25, 0.3) is 5.91 Å². The summed E-state index contributed by atoms with van der Waals surface area (Å²) < 4.78 is 5.23. The van der Waals surface area contributed by atoms with Crippen LogP contribution in [-0.2, 0) is 27.3 Å². The third-order valence-electron chi connectivity index (χ3n) is 8.18. The summed E-state index contributed by atoms with van der Waals surface area (Å²) in [5.74, 6) is -6.60. The molecule has 2 aromatic carbocycles. The highest BCUT2D eigenvalue weighted by molar-refractivity contribution is 6.22. The number of aliphatic hydroxyl groups excluding tert-OH is 2. The molecule has 2 aromatic rings. The van der Waals surface area contributed by atoms with Crippen molar-refractivity contribution < 1.29 is 44.3 Å². The minimum Gasteiger partial charge on any atom is -0.508 e. The molecule has 3 aliphatic carbocycles. The molecule has 2 amide bonds. The average Bonchev–Trinajstić information content (AvgIpc) is 2.90. The number of nitrogens with one attached hydrogen (secondary N) is 1. The number of aromatic hydroxyl groups is 1. The number of fused-ring (bicyclic) bond motifs is 3. The summed E-state index contributed by atoms with van der Waals surface area (Å²) in [6.07, 6.45) is -0.889. The van der Waals surface area contributed by atoms with Crippen molar-refractivity contribution in [1.29, 1.82) is 0 Å². The molecule has 0 unspecified atom stereocenters. The number of para-hydroxylation sites is 1. The fourth-order valence-electron chi connectivity index (χ4n) is 6.22. The summed E-state index contributed by atoms with van der Waals surface area (Å²) in [6.45, 7) is 3.68. The van der Waals surface area contributed by atoms with Gasteiger partial charge in [-0.15, -0.1) is 0 Å². The van der Waals surface area contributed by atoms with Crippen LogP contribution in [-0.4, -0.2) is 49.6 Å². The Morgan fingerprint density at radius 2 is 1.80 bits per heavy atom. The van der Waals surface area contributed by atoms with Crippen LogP contribution in [0.15, 0.2) is 53.3 Å². The number of carbonyl (C=O) groups is 4. The van der Waals surface area contributed by atoms with Crippen molar-refractivity contribution in [3.63, 3.8) is 0 Å². The number of ketones is 2. The Hall–Kier alpha value is -4.64. The molecule has 11 heteroatoms. The monoisotopic (exact) mass is 562 g/mol. The van der Waals surface area contributed by atoms with Crippen molar-refractivity contribution in [2.75, 3.05) is 0 Å². The van der Waals surface area contributed by atoms with Gasteiger partial charge in [-0.1, -0.05) is 32.0 Å². The normalized spacial score (nSPS) is 23.6. The van der Waals surface area contributed by atoms with Gasteiger partial charge >= 0.3 is 6.09 Å². The number of hydrogen-bond donors (Lipinski definition) is 6. The van der Waals surface area contributed by atoms with Crippen LogP contribution in [0.5, 0.6) is 11.5 Å². The molecule has 11 nitrogen and oxygen atoms in total. The maximum absolute atomic E-state index is 13.7. The molecule has 0 radical (unpaired) electrons. The van der Waals surface area contributed by atoms with Gasteiger partial charge in [-0.3, -0.25) is 14.4 Å². The van der Waals surface area contributed by atoms with Crippen molar-refractivity contribution in [2.45, 2.75) is 51.2 Å². The lowest BCUT2D eigenvalue weighted by molar-refractivity contribution is -0.147. The quantitative estimate of drug-likeness (QED) is 0.297. The average molecular weight is 563 g/mol. The summed E-state index contributed by atoms with van der Waals surface area (Å²) in [5, 5.41) is 47.4. The van der Waals surface area contributed by atoms with Crippen LogP contribution in [0.4, 0.5) is 4.79 Å². The lowest BCUT2D eigenvalue weighted by Gasteiger charge is -2.46. The van der Waals surface area contributed by atoms with E-state index in [1.807, 2.05) is 13.8 Å². The molecular weight excluding hydrogens is 532 g/mol. The van der Waals surface area contributed by atoms with Crippen LogP contribution in [0.2, 0.25) is 0 Å². The molecule has 41 heavy (non-hydrogen) atoms. The summed E-state index contributed by atoms with van der Waals surface area (Å²) in [4.78, 5) is 50.5. The number of rotatable bonds is 5. The Kier molecular flexibility index (Phi) is 6.86. The van der Waals surface area contributed by atoms with E-state index in [1.165, 1.54) is 0 Å². The molecule has 214 valence electrons. The highest BCUT2D eigenvalue weighted by Gasteiger charge is 2.60. The summed E-state index contributed by atoms with van der Waals surface area (Å²) in [7, 11) is 0. The van der Waals surface area contributed by atoms with Crippen LogP contribution in [0, 0.1) is 11.8 Å². The zero-order valence-electron chi connectivity index (χ0n) is 22.4. The van der Waals surface area contributed by atoms with E-state index < -0.39 is 58.1 Å². The molecule has 0 heterocycles. The fourth-order valence-corrected chi connectivity index (χ4v) is 6.22. The van der Waals surface area contributed by atoms with Gasteiger partial charge in [-0.05, 0) is 54.0 Å². The van der Waals surface area contributed by atoms with E-state index in [2.05, 4.69) is 5.32 Å². The molecule has 0 aliphatic heterocycles. The van der Waals surface area contributed by atoms with Gasteiger partial charge in [-0.2, -0.15) is 0 Å². The highest BCUT2D eigenvalue weighted by Crippen LogP contribution is 2.53. The molecule has 7 N–H and O–H groups in total. The third kappa shape index (κ3) is 4.42. The first-order chi connectivity index (χ1) is 19.4. The second-order valence-corrected chi connectivity index (χ2v) is 10.9. The highest BCUT2D eigenvalue weighted by atomic mass is 16.6. The predicted octanol–water partition coefficient (Wildman–Crippen LogP) is 2.84. The second-order valence-electron chi connectivity index (χ2n) is 10.9. The number of amides is 2. The Bertz CT molecular complexity index is 1560. The molecule has 0 spiro atoms. The fraction of sp³-hybridized carbons (Fsp3) is 0.333. The van der Waals surface area contributed by atoms with Crippen molar-refractivity contribution in [2.24, 2.45) is 17.6 Å². The Labute approximate surface area is 234 Å². The second kappa shape index (κ2) is 10.1. The number of nitrogens with two attached hydrogens (primary N) is 1. The lowest BCUT2D eigenvalue weighted by atomic mass is 9.59. The zero-order valence-corrected chi connectivity index (χ0v) is 22.4. The molecule has 0 bridgehead atoms. The lowest BCUT2D eigenvalue weighted by Crippen LogP contribution is -2.58. The molecule has 0 saturated heterocycles. The number of Topliss-reactive ketones (excluding diaryl/α,β-unsaturated/α-hetero) is 2. The van der Waals surface area contributed by atoms with Crippen LogP contribution < -0.4 is 15.8 Å². The van der Waals surface area contributed by atoms with E-state index in [-0.39, 0.29) is 54.2 Å². The topological polar surface area (TPSA) is 196 Å². The SMILES string of the molecule is CC(C)c1cc(CNC(=O)Oc2ccccc2)c(O)c2c1C[C@H]1C[C@H]3CC(=O)C(C(N)=O)=C(O)[C@@]3(O)C(=O)C1=C2O. The Morgan fingerprint density at radius 1 is 1.12 bits per heavy atom. The van der Waals surface area contributed by atoms with Crippen LogP contribution >= 0.6 is 0 Å². The Balaban J connectivity index is 1.56. The van der Waals surface area contributed by atoms with Gasteiger partial charge in [0.2, 0.25) is 5.78 Å². The predicted molar refractivity (Wildman–Crippen MR) is 145 cm³/mol. The van der Waals surface area contributed by atoms with E-state index >= 15 is 0 Å². The first-order valence-corrected chi connectivity index (χ1v) is 13.2. The van der Waals surface area contributed by atoms with Crippen molar-refractivity contribution in [3.8, 4) is 11.5 Å². The maximum Gasteiger partial charge on any atom is 0.412 e. The molecule has 5 rings (SSSR count). The number of benzene rings is 2. The zero-order chi connectivity index (χ0) is 29.8. The number of phenolic OH excluding ortho intramolecular Hbond substituents is 1. The number of aliphatic hydroxyl groups is 3. The van der Waals surface area contributed by atoms with Gasteiger partial charge in [0, 0.05) is 30.0 Å². The maximum atomic E-state index is 13.7. The first kappa shape index (κ1) is 27.9. The molecule has 3 aliphatic rings. The van der Waals surface area contributed by atoms with Crippen molar-refractivity contribution >= 4 is 29.3 Å². The number of hydrogen-bond acceptors (Lipinski definition) is 9. The van der Waals surface area contributed by atoms with E-state index in [4.69, 9.17) is 10.5 Å². The first-order valence-electron chi connectivity index (χ1n) is 13.2. The third-order valence-corrected chi connectivity index (χ3v) is 8.18. The minimum atomic E-state index is -2.63. The van der Waals surface area contributed by atoms with E-state index in [1.54, 1.807) is 36.4 Å². The smallest absolute Gasteiger partial charge is 0.412 e. The molecule has 0 aromatic heterocycles. The number of phenols is 1. The van der Waals surface area contributed by atoms with E-state index in [0.29, 0.717) is 11.3 Å². The standard InChI is InChI=1S/C30H30N2O9/c1-13(2)18-10-15(12-32-29(39)41-17-6-4-3-5-7-17)24(34)22-19(18)9-14-8-16-11-20(33)23(28(31)38)27(37)30(16,40)26(36)21(14)25(22)35/h3-7,10,13-14,16,34-35,37,40H,8-9,11-12H2,1-2H3,(H2,31,38)(H,32,39)/t14-,16+,30+/m1/s1. The van der Waals surface area contributed by atoms with Crippen LogP contribution in [0.1, 0.15) is 54.9 Å². The summed E-state index contributed by atoms with van der Waals surface area (Å²) >= 11 is 0. The van der Waals surface area contributed by atoms with E-state index in [9.17, 15) is 39.6 Å². The van der Waals surface area contributed by atoms with Gasteiger partial charge < -0.3 is 36.2 Å². The summed E-state index contributed by atoms with van der Waals surface area (Å²) in [5.41, 5.74) is 3.14. The summed E-state index contributed by atoms with van der Waals surface area (Å²) in [6, 6.07) is 10.1. The van der Waals surface area contributed by atoms with Gasteiger partial charge in [-0.25, -0.2) is 4.79 Å². The van der Waals surface area contributed by atoms with E-state index in [0.717, 1.165) is 5.56 Å². The van der Waals surface area contributed by atoms with Crippen LogP contribution in [0.3, 0.4) is 0 Å². The van der Waals surface area contributed by atoms with Crippen molar-refractivity contribution in [1.82, 2.24) is 5.32 Å². The van der Waals surface area contributed by atoms with Gasteiger partial charge in [0.15, 0.2) is 11.4 Å². The Morgan fingerprint density at radius 3 is 2.44 bits per heavy atom.